The van der Waals surface area contributed by atoms with Gasteiger partial charge in [0.2, 0.25) is 0 Å². The molecule has 1 rings (SSSR count). The summed E-state index contributed by atoms with van der Waals surface area (Å²) in [5, 5.41) is 0. The molecule has 1 aromatic heterocycles. The van der Waals surface area contributed by atoms with Crippen molar-refractivity contribution in [2.75, 3.05) is 0 Å². The van der Waals surface area contributed by atoms with Crippen molar-refractivity contribution < 1.29 is 4.42 Å². The van der Waals surface area contributed by atoms with E-state index in [4.69, 9.17) is 57.4 Å². The molecule has 0 fully saturated rings. The van der Waals surface area contributed by atoms with Gasteiger partial charge in [0, 0.05) is 12.1 Å². The average Bonchev–Trinajstić information content (AvgIpc) is 2.13. The van der Waals surface area contributed by atoms with Gasteiger partial charge in [-0.15, -0.1) is 0 Å². The van der Waals surface area contributed by atoms with Gasteiger partial charge in [0.1, 0.15) is 0 Å². The molecule has 0 aromatic carbocycles. The van der Waals surface area contributed by atoms with Crippen LogP contribution in [0.2, 0.25) is 0 Å². The summed E-state index contributed by atoms with van der Waals surface area (Å²) >= 11 is 0. The van der Waals surface area contributed by atoms with Crippen molar-refractivity contribution in [3.63, 3.8) is 0 Å². The first-order valence-corrected chi connectivity index (χ1v) is 24.1. The molecule has 1 heterocycles. The molecule has 102 valence electrons. The zero-order valence-corrected chi connectivity index (χ0v) is 16.3. The van der Waals surface area contributed by atoms with Crippen LogP contribution in [0.4, 0.5) is 0 Å². The minimum atomic E-state index is -5.42. The first-order valence-electron chi connectivity index (χ1n) is 4.71. The fourth-order valence-corrected chi connectivity index (χ4v) is 0.901. The van der Waals surface area contributed by atoms with E-state index in [2.05, 4.69) is 13.8 Å². The van der Waals surface area contributed by atoms with Gasteiger partial charge < -0.3 is 0 Å². The second kappa shape index (κ2) is 6.00. The van der Waals surface area contributed by atoms with Gasteiger partial charge >= 0.3 is 74.6 Å². The number of hydrogen-bond donors (Lipinski definition) is 0. The van der Waals surface area contributed by atoms with Gasteiger partial charge in [-0.05, 0) is 17.9 Å². The summed E-state index contributed by atoms with van der Waals surface area (Å²) in [4.78, 5) is 0. The Balaban J connectivity index is 0.000000325. The van der Waals surface area contributed by atoms with Gasteiger partial charge in [0.05, 0.1) is 0 Å². The third-order valence-corrected chi connectivity index (χ3v) is 1.86. The maximum atomic E-state index is 5.06. The standard InChI is InChI=1S/C9H13O.6ClH.Sb/c1-3-8(2)9-4-6-10-7-5-9;;;;;;;/h4-8H,3H2,1-2H3;6*1H;/q+1;;;;;;;+5/p-6. The summed E-state index contributed by atoms with van der Waals surface area (Å²) in [5.74, 6) is 0.649. The Bertz CT molecular complexity index is 334. The molecule has 0 aliphatic heterocycles. The van der Waals surface area contributed by atoms with Crippen LogP contribution in [-0.4, -0.2) is 9.14 Å². The van der Waals surface area contributed by atoms with E-state index in [1.54, 1.807) is 12.5 Å². The molecule has 0 saturated carbocycles. The normalized spacial score (nSPS) is 17.2. The van der Waals surface area contributed by atoms with Crippen LogP contribution >= 0.6 is 53.0 Å². The van der Waals surface area contributed by atoms with Crippen molar-refractivity contribution in [1.82, 2.24) is 0 Å². The van der Waals surface area contributed by atoms with Gasteiger partial charge in [-0.25, -0.2) is 4.42 Å². The molecular formula is C9H13Cl6OSb. The zero-order chi connectivity index (χ0) is 13.8. The predicted octanol–water partition coefficient (Wildman–Crippen LogP) is 6.83. The van der Waals surface area contributed by atoms with Crippen LogP contribution in [0.1, 0.15) is 31.7 Å². The van der Waals surface area contributed by atoms with Crippen LogP contribution in [0.15, 0.2) is 29.1 Å². The Morgan fingerprint density at radius 3 is 1.71 bits per heavy atom. The van der Waals surface area contributed by atoms with E-state index in [1.165, 1.54) is 12.0 Å². The van der Waals surface area contributed by atoms with Crippen molar-refractivity contribution in [2.45, 2.75) is 26.2 Å². The summed E-state index contributed by atoms with van der Waals surface area (Å²) in [6.07, 6.45) is 4.63. The molecule has 0 bridgehead atoms. The molecule has 1 atom stereocenters. The van der Waals surface area contributed by atoms with Gasteiger partial charge in [-0.1, -0.05) is 13.8 Å². The first kappa shape index (κ1) is 18.7. The average molecular weight is 472 g/mol. The predicted molar refractivity (Wildman–Crippen MR) is 82.7 cm³/mol. The van der Waals surface area contributed by atoms with E-state index in [0.717, 1.165) is 0 Å². The summed E-state index contributed by atoms with van der Waals surface area (Å²) in [5.41, 5.74) is 1.36. The van der Waals surface area contributed by atoms with E-state index >= 15 is 0 Å². The Morgan fingerprint density at radius 2 is 1.41 bits per heavy atom. The molecule has 1 aromatic rings. The van der Waals surface area contributed by atoms with Gasteiger partial charge in [-0.3, -0.25) is 0 Å². The van der Waals surface area contributed by atoms with E-state index in [-0.39, 0.29) is 0 Å². The van der Waals surface area contributed by atoms with E-state index in [9.17, 15) is 0 Å². The third kappa shape index (κ3) is 17.7. The van der Waals surface area contributed by atoms with Gasteiger partial charge in [0.15, 0.2) is 0 Å². The first-order chi connectivity index (χ1) is 7.29. The minimum absolute atomic E-state index is 0.649. The Labute approximate surface area is 121 Å². The number of hydrogen-bond acceptors (Lipinski definition) is 0. The molecule has 1 nitrogen and oxygen atoms in total. The van der Waals surface area contributed by atoms with Crippen LogP contribution in [0.3, 0.4) is 0 Å². The van der Waals surface area contributed by atoms with Crippen molar-refractivity contribution >= 4 is 62.1 Å². The molecule has 8 heteroatoms. The number of halogens is 6. The summed E-state index contributed by atoms with van der Waals surface area (Å²) in [7, 11) is 25.0. The Kier molecular flexibility index (Phi) is 6.60. The summed E-state index contributed by atoms with van der Waals surface area (Å²) in [6.45, 7) is 4.41. The SMILES string of the molecule is CCC(C)c1cc[o+]cc1.[Cl][Sb-]([Cl])([Cl])([Cl])([Cl])[Cl]. The Morgan fingerprint density at radius 1 is 1.06 bits per heavy atom. The second-order valence-electron chi connectivity index (χ2n) is 3.51. The van der Waals surface area contributed by atoms with Crippen LogP contribution in [0.25, 0.3) is 0 Å². The van der Waals surface area contributed by atoms with Crippen LogP contribution in [-0.2, 0) is 0 Å². The molecule has 0 spiro atoms. The van der Waals surface area contributed by atoms with E-state index < -0.39 is 9.14 Å². The summed E-state index contributed by atoms with van der Waals surface area (Å²) < 4.78 is 4.91. The molecule has 0 saturated heterocycles. The molecule has 0 aliphatic carbocycles. The fraction of sp³-hybridized carbons (Fsp3) is 0.444. The van der Waals surface area contributed by atoms with Crippen molar-refractivity contribution in [1.29, 1.82) is 0 Å². The monoisotopic (exact) mass is 468 g/mol. The molecule has 0 amide bonds. The zero-order valence-electron chi connectivity index (χ0n) is 9.22. The van der Waals surface area contributed by atoms with Gasteiger partial charge in [0.25, 0.3) is 0 Å². The maximum absolute atomic E-state index is 5.42. The molecular weight excluding hydrogens is 459 g/mol. The van der Waals surface area contributed by atoms with Crippen molar-refractivity contribution in [3.05, 3.63) is 30.2 Å². The molecule has 1 unspecified atom stereocenters. The van der Waals surface area contributed by atoms with Gasteiger partial charge in [-0.2, -0.15) is 0 Å². The number of rotatable bonds is 2. The van der Waals surface area contributed by atoms with E-state index in [0.29, 0.717) is 5.92 Å². The fourth-order valence-electron chi connectivity index (χ4n) is 0.901. The quantitative estimate of drug-likeness (QED) is 0.340. The Hall–Kier alpha value is 1.71. The van der Waals surface area contributed by atoms with Crippen LogP contribution in [0.5, 0.6) is 0 Å². The molecule has 17 heavy (non-hydrogen) atoms. The second-order valence-corrected chi connectivity index (χ2v) is 60.4. The third-order valence-electron chi connectivity index (χ3n) is 1.86. The van der Waals surface area contributed by atoms with Crippen LogP contribution in [0, 0.1) is 0 Å². The van der Waals surface area contributed by atoms with Crippen molar-refractivity contribution in [2.24, 2.45) is 0 Å². The molecule has 0 aliphatic rings. The molecule has 0 radical (unpaired) electrons. The van der Waals surface area contributed by atoms with E-state index in [1.807, 2.05) is 12.1 Å². The van der Waals surface area contributed by atoms with Crippen molar-refractivity contribution in [3.8, 4) is 0 Å². The summed E-state index contributed by atoms with van der Waals surface area (Å²) in [6, 6.07) is 4.04. The van der Waals surface area contributed by atoms with Crippen LogP contribution < -0.4 is 0 Å². The topological polar surface area (TPSA) is 11.3 Å². The molecule has 0 N–H and O–H groups in total.